The number of allylic oxidation sites excluding steroid dienone is 1. The Morgan fingerprint density at radius 3 is 2.73 bits per heavy atom. The van der Waals surface area contributed by atoms with E-state index in [4.69, 9.17) is 9.47 Å². The van der Waals surface area contributed by atoms with Gasteiger partial charge in [0.2, 0.25) is 5.91 Å². The summed E-state index contributed by atoms with van der Waals surface area (Å²) in [6, 6.07) is 7.62. The first-order valence-electron chi connectivity index (χ1n) is 13.1. The van der Waals surface area contributed by atoms with Crippen molar-refractivity contribution >= 4 is 17.4 Å². The molecule has 0 radical (unpaired) electrons. The summed E-state index contributed by atoms with van der Waals surface area (Å²) in [4.78, 5) is 30.4. The number of likely N-dealkylation sites (tertiary alicyclic amines) is 1. The van der Waals surface area contributed by atoms with Gasteiger partial charge in [-0.1, -0.05) is 13.0 Å². The fourth-order valence-corrected chi connectivity index (χ4v) is 5.18. The van der Waals surface area contributed by atoms with Crippen LogP contribution in [0.3, 0.4) is 0 Å². The monoisotopic (exact) mass is 508 g/mol. The number of benzene rings is 1. The average Bonchev–Trinajstić information content (AvgIpc) is 3.47. The number of H-pyrrole nitrogens is 1. The van der Waals surface area contributed by atoms with E-state index in [9.17, 15) is 14.7 Å². The molecule has 1 aromatic heterocycles. The van der Waals surface area contributed by atoms with E-state index in [1.165, 1.54) is 30.4 Å². The SMILES string of the molecule is CCc1ccc(OCC2CC2)c(C2NC(C)=C(C(=O)N[C@@H]3CN(C(=O)COC)C[C@@H]3O)c3[nH]ccc32)c1. The van der Waals surface area contributed by atoms with Gasteiger partial charge in [-0.25, -0.2) is 0 Å². The number of hydrogen-bond acceptors (Lipinski definition) is 6. The number of β-amino-alcohol motifs (C(OH)–C–C–N with tert-alkyl or cyclic N) is 1. The van der Waals surface area contributed by atoms with Crippen molar-refractivity contribution in [2.24, 2.45) is 5.92 Å². The maximum Gasteiger partial charge on any atom is 0.255 e. The number of hydrogen-bond donors (Lipinski definition) is 4. The van der Waals surface area contributed by atoms with E-state index in [-0.39, 0.29) is 37.6 Å². The minimum Gasteiger partial charge on any atom is -0.493 e. The van der Waals surface area contributed by atoms with Crippen molar-refractivity contribution in [1.29, 1.82) is 0 Å². The molecule has 0 spiro atoms. The fourth-order valence-electron chi connectivity index (χ4n) is 5.18. The van der Waals surface area contributed by atoms with Gasteiger partial charge in [0.05, 0.1) is 36.1 Å². The van der Waals surface area contributed by atoms with Crippen LogP contribution in [-0.2, 0) is 20.7 Å². The molecule has 9 nitrogen and oxygen atoms in total. The minimum absolute atomic E-state index is 0.0552. The zero-order valence-corrected chi connectivity index (χ0v) is 21.7. The Kier molecular flexibility index (Phi) is 7.26. The van der Waals surface area contributed by atoms with Crippen molar-refractivity contribution in [3.8, 4) is 5.75 Å². The van der Waals surface area contributed by atoms with Crippen LogP contribution < -0.4 is 15.4 Å². The van der Waals surface area contributed by atoms with Gasteiger partial charge in [-0.05, 0) is 55.9 Å². The zero-order chi connectivity index (χ0) is 26.1. The number of nitrogens with one attached hydrogen (secondary N) is 3. The molecule has 3 heterocycles. The summed E-state index contributed by atoms with van der Waals surface area (Å²) < 4.78 is 11.2. The number of carbonyl (C=O) groups is 2. The number of aromatic amines is 1. The first-order valence-corrected chi connectivity index (χ1v) is 13.1. The maximum atomic E-state index is 13.5. The first kappa shape index (κ1) is 25.4. The summed E-state index contributed by atoms with van der Waals surface area (Å²) >= 11 is 0. The summed E-state index contributed by atoms with van der Waals surface area (Å²) in [5, 5.41) is 17.0. The van der Waals surface area contributed by atoms with Crippen LogP contribution in [0, 0.1) is 5.92 Å². The second-order valence-electron chi connectivity index (χ2n) is 10.2. The van der Waals surface area contributed by atoms with Crippen molar-refractivity contribution in [3.63, 3.8) is 0 Å². The molecule has 2 fully saturated rings. The lowest BCUT2D eigenvalue weighted by atomic mass is 9.89. The van der Waals surface area contributed by atoms with Crippen molar-refractivity contribution in [3.05, 3.63) is 58.5 Å². The highest BCUT2D eigenvalue weighted by Gasteiger charge is 2.38. The van der Waals surface area contributed by atoms with Gasteiger partial charge in [0.25, 0.3) is 5.91 Å². The van der Waals surface area contributed by atoms with Crippen molar-refractivity contribution in [1.82, 2.24) is 20.5 Å². The van der Waals surface area contributed by atoms with Crippen molar-refractivity contribution in [2.45, 2.75) is 51.3 Å². The highest BCUT2D eigenvalue weighted by Crippen LogP contribution is 2.40. The molecule has 2 amide bonds. The lowest BCUT2D eigenvalue weighted by Gasteiger charge is -2.30. The van der Waals surface area contributed by atoms with Crippen LogP contribution in [0.25, 0.3) is 5.57 Å². The number of aliphatic hydroxyl groups excluding tert-OH is 1. The van der Waals surface area contributed by atoms with Crippen LogP contribution in [0.5, 0.6) is 5.75 Å². The summed E-state index contributed by atoms with van der Waals surface area (Å²) in [5.74, 6) is 0.995. The summed E-state index contributed by atoms with van der Waals surface area (Å²) in [7, 11) is 1.46. The third-order valence-electron chi connectivity index (χ3n) is 7.49. The van der Waals surface area contributed by atoms with Crippen LogP contribution in [0.4, 0.5) is 0 Å². The Balaban J connectivity index is 1.38. The molecule has 3 atom stereocenters. The van der Waals surface area contributed by atoms with Gasteiger partial charge >= 0.3 is 0 Å². The van der Waals surface area contributed by atoms with E-state index >= 15 is 0 Å². The van der Waals surface area contributed by atoms with Crippen LogP contribution >= 0.6 is 0 Å². The molecule has 1 aliphatic carbocycles. The Hall–Kier alpha value is -3.30. The van der Waals surface area contributed by atoms with Gasteiger partial charge in [0, 0.05) is 43.2 Å². The third-order valence-corrected chi connectivity index (χ3v) is 7.49. The number of aromatic nitrogens is 1. The third kappa shape index (κ3) is 5.24. The molecule has 9 heteroatoms. The predicted molar refractivity (Wildman–Crippen MR) is 139 cm³/mol. The Morgan fingerprint density at radius 1 is 1.19 bits per heavy atom. The normalized spacial score (nSPS) is 23.0. The standard InChI is InChI=1S/C28H36N4O5/c1-4-17-7-8-23(37-14-18-5-6-18)20(11-17)26-19-9-10-29-27(19)25(16(2)30-26)28(35)31-21-12-32(13-22(21)33)24(34)15-36-3/h7-11,18,21-22,26,29-30,33H,4-6,12-15H2,1-3H3,(H,31,35)/t21-,22+,26?/m1/s1. The van der Waals surface area contributed by atoms with Gasteiger partial charge in [0.1, 0.15) is 12.4 Å². The number of ether oxygens (including phenoxy) is 2. The van der Waals surface area contributed by atoms with Crippen LogP contribution in [-0.4, -0.2) is 72.4 Å². The van der Waals surface area contributed by atoms with E-state index in [0.29, 0.717) is 11.5 Å². The number of nitrogens with zero attached hydrogens (tertiary/aromatic N) is 1. The van der Waals surface area contributed by atoms with E-state index < -0.39 is 12.1 Å². The molecule has 37 heavy (non-hydrogen) atoms. The smallest absolute Gasteiger partial charge is 0.255 e. The lowest BCUT2D eigenvalue weighted by molar-refractivity contribution is -0.134. The molecule has 0 bridgehead atoms. The molecule has 1 unspecified atom stereocenters. The number of aliphatic hydroxyl groups is 1. The Labute approximate surface area is 217 Å². The summed E-state index contributed by atoms with van der Waals surface area (Å²) in [6.45, 7) is 5.09. The zero-order valence-electron chi connectivity index (χ0n) is 21.7. The van der Waals surface area contributed by atoms with E-state index in [1.54, 1.807) is 0 Å². The molecule has 2 aromatic rings. The number of rotatable bonds is 9. The molecular formula is C28H36N4O5. The topological polar surface area (TPSA) is 116 Å². The largest absolute Gasteiger partial charge is 0.493 e. The number of fused-ring (bicyclic) bond motifs is 1. The highest BCUT2D eigenvalue weighted by atomic mass is 16.5. The van der Waals surface area contributed by atoms with Crippen molar-refractivity contribution < 1.29 is 24.2 Å². The molecule has 2 aliphatic heterocycles. The second-order valence-corrected chi connectivity index (χ2v) is 10.2. The van der Waals surface area contributed by atoms with Gasteiger partial charge < -0.3 is 35.1 Å². The van der Waals surface area contributed by atoms with E-state index in [2.05, 4.69) is 40.7 Å². The Morgan fingerprint density at radius 2 is 2.00 bits per heavy atom. The fraction of sp³-hybridized carbons (Fsp3) is 0.500. The van der Waals surface area contributed by atoms with Crippen LogP contribution in [0.2, 0.25) is 0 Å². The molecule has 198 valence electrons. The van der Waals surface area contributed by atoms with Crippen molar-refractivity contribution in [2.75, 3.05) is 33.4 Å². The number of amides is 2. The van der Waals surface area contributed by atoms with Gasteiger partial charge in [-0.15, -0.1) is 0 Å². The van der Waals surface area contributed by atoms with Gasteiger partial charge in [-0.3, -0.25) is 9.59 Å². The van der Waals surface area contributed by atoms with Crippen LogP contribution in [0.1, 0.15) is 55.1 Å². The Bertz CT molecular complexity index is 1200. The molecule has 3 aliphatic rings. The van der Waals surface area contributed by atoms with Gasteiger partial charge in [-0.2, -0.15) is 0 Å². The second kappa shape index (κ2) is 10.6. The number of carbonyl (C=O) groups excluding carboxylic acids is 2. The minimum atomic E-state index is -0.846. The lowest BCUT2D eigenvalue weighted by Crippen LogP contribution is -2.44. The van der Waals surface area contributed by atoms with Crippen LogP contribution in [0.15, 0.2) is 36.2 Å². The van der Waals surface area contributed by atoms with E-state index in [1.807, 2.05) is 19.2 Å². The molecule has 1 aromatic carbocycles. The summed E-state index contributed by atoms with van der Waals surface area (Å²) in [6.07, 6.45) is 4.36. The molecule has 1 saturated carbocycles. The summed E-state index contributed by atoms with van der Waals surface area (Å²) in [5.41, 5.74) is 5.21. The average molecular weight is 509 g/mol. The first-order chi connectivity index (χ1) is 17.9. The number of aryl methyl sites for hydroxylation is 1. The highest BCUT2D eigenvalue weighted by molar-refractivity contribution is 6.20. The quantitative estimate of drug-likeness (QED) is 0.413. The molecule has 1 saturated heterocycles. The molecule has 5 rings (SSSR count). The van der Waals surface area contributed by atoms with E-state index in [0.717, 1.165) is 41.3 Å². The molecule has 4 N–H and O–H groups in total. The maximum absolute atomic E-state index is 13.5. The molecular weight excluding hydrogens is 472 g/mol. The van der Waals surface area contributed by atoms with Gasteiger partial charge in [0.15, 0.2) is 0 Å². The number of methoxy groups -OCH3 is 1. The predicted octanol–water partition coefficient (Wildman–Crippen LogP) is 2.12.